The minimum atomic E-state index is -0.0540. The summed E-state index contributed by atoms with van der Waals surface area (Å²) in [6, 6.07) is 13.5. The van der Waals surface area contributed by atoms with Crippen molar-refractivity contribution >= 4 is 5.91 Å². The summed E-state index contributed by atoms with van der Waals surface area (Å²) in [5.74, 6) is 1.76. The Morgan fingerprint density at radius 1 is 1.09 bits per heavy atom. The minimum Gasteiger partial charge on any atom is -0.490 e. The van der Waals surface area contributed by atoms with Crippen molar-refractivity contribution in [2.75, 3.05) is 19.6 Å². The highest BCUT2D eigenvalue weighted by atomic mass is 16.5. The van der Waals surface area contributed by atoms with Gasteiger partial charge in [-0.2, -0.15) is 0 Å². The first-order valence-corrected chi connectivity index (χ1v) is 11.3. The summed E-state index contributed by atoms with van der Waals surface area (Å²) in [6.45, 7) is 6.35. The maximum absolute atomic E-state index is 12.4. The number of ether oxygens (including phenoxy) is 1. The molecule has 1 aliphatic heterocycles. The van der Waals surface area contributed by atoms with Gasteiger partial charge in [-0.25, -0.2) is 4.98 Å². The van der Waals surface area contributed by atoms with Crippen molar-refractivity contribution in [3.05, 3.63) is 78.1 Å². The van der Waals surface area contributed by atoms with Crippen LogP contribution in [0.5, 0.6) is 5.75 Å². The third kappa shape index (κ3) is 6.17. The van der Waals surface area contributed by atoms with Gasteiger partial charge in [0.1, 0.15) is 17.7 Å². The Labute approximate surface area is 189 Å². The first-order chi connectivity index (χ1) is 15.7. The molecule has 0 atom stereocenters. The second-order valence-corrected chi connectivity index (χ2v) is 8.22. The van der Waals surface area contributed by atoms with Crippen LogP contribution in [0.15, 0.2) is 61.1 Å². The second-order valence-electron chi connectivity index (χ2n) is 8.22. The van der Waals surface area contributed by atoms with Gasteiger partial charge >= 0.3 is 0 Å². The number of carbonyl (C=O) groups is 1. The highest BCUT2D eigenvalue weighted by molar-refractivity contribution is 5.94. The topological polar surface area (TPSA) is 72.3 Å². The number of likely N-dealkylation sites (tertiary alicyclic amines) is 1. The largest absolute Gasteiger partial charge is 0.490 e. The van der Waals surface area contributed by atoms with E-state index in [4.69, 9.17) is 4.74 Å². The van der Waals surface area contributed by atoms with Crippen LogP contribution in [-0.2, 0) is 13.1 Å². The van der Waals surface area contributed by atoms with E-state index in [9.17, 15) is 4.79 Å². The van der Waals surface area contributed by atoms with Crippen LogP contribution in [0.25, 0.3) is 0 Å². The van der Waals surface area contributed by atoms with E-state index in [0.717, 1.165) is 62.7 Å². The Bertz CT molecular complexity index is 979. The van der Waals surface area contributed by atoms with Crippen LogP contribution in [0.2, 0.25) is 0 Å². The van der Waals surface area contributed by atoms with Gasteiger partial charge in [-0.05, 0) is 62.6 Å². The van der Waals surface area contributed by atoms with E-state index in [0.29, 0.717) is 12.1 Å². The highest BCUT2D eigenvalue weighted by Crippen LogP contribution is 2.20. The van der Waals surface area contributed by atoms with Crippen molar-refractivity contribution in [3.8, 4) is 5.75 Å². The molecule has 4 rings (SSSR count). The molecular formula is C25H31N5O2. The molecule has 1 aromatic carbocycles. The third-order valence-electron chi connectivity index (χ3n) is 5.85. The minimum absolute atomic E-state index is 0.0540. The molecular weight excluding hydrogens is 402 g/mol. The zero-order valence-corrected chi connectivity index (χ0v) is 18.6. The van der Waals surface area contributed by atoms with E-state index in [-0.39, 0.29) is 12.0 Å². The van der Waals surface area contributed by atoms with Gasteiger partial charge in [0.05, 0.1) is 5.69 Å². The molecule has 168 valence electrons. The molecule has 32 heavy (non-hydrogen) atoms. The lowest BCUT2D eigenvalue weighted by molar-refractivity contribution is 0.0948. The van der Waals surface area contributed by atoms with Gasteiger partial charge in [0, 0.05) is 56.9 Å². The Balaban J connectivity index is 1.17. The fourth-order valence-corrected chi connectivity index (χ4v) is 3.98. The Kier molecular flexibility index (Phi) is 7.51. The lowest BCUT2D eigenvalue weighted by Crippen LogP contribution is -2.37. The maximum atomic E-state index is 12.4. The van der Waals surface area contributed by atoms with Gasteiger partial charge in [-0.1, -0.05) is 6.07 Å². The van der Waals surface area contributed by atoms with Gasteiger partial charge < -0.3 is 14.6 Å². The molecule has 1 N–H and O–H groups in total. The molecule has 3 heterocycles. The van der Waals surface area contributed by atoms with E-state index in [1.54, 1.807) is 6.20 Å². The smallest absolute Gasteiger partial charge is 0.251 e. The van der Waals surface area contributed by atoms with Crippen molar-refractivity contribution in [1.29, 1.82) is 0 Å². The monoisotopic (exact) mass is 433 g/mol. The number of hydrogen-bond donors (Lipinski definition) is 1. The van der Waals surface area contributed by atoms with Crippen molar-refractivity contribution in [2.45, 2.75) is 45.4 Å². The molecule has 0 saturated carbocycles. The number of pyridine rings is 1. The van der Waals surface area contributed by atoms with E-state index >= 15 is 0 Å². The Morgan fingerprint density at radius 3 is 2.59 bits per heavy atom. The average Bonchev–Trinajstić information content (AvgIpc) is 3.23. The molecule has 0 unspecified atom stereocenters. The van der Waals surface area contributed by atoms with Crippen molar-refractivity contribution in [1.82, 2.24) is 24.8 Å². The molecule has 3 aromatic rings. The number of nitrogens with zero attached hydrogens (tertiary/aromatic N) is 4. The van der Waals surface area contributed by atoms with Crippen molar-refractivity contribution < 1.29 is 9.53 Å². The summed E-state index contributed by atoms with van der Waals surface area (Å²) in [5.41, 5.74) is 1.76. The molecule has 0 spiro atoms. The molecule has 1 saturated heterocycles. The van der Waals surface area contributed by atoms with E-state index < -0.39 is 0 Å². The van der Waals surface area contributed by atoms with Crippen LogP contribution in [-0.4, -0.2) is 51.1 Å². The molecule has 7 nitrogen and oxygen atoms in total. The van der Waals surface area contributed by atoms with Crippen LogP contribution in [0.1, 0.15) is 41.1 Å². The number of carbonyl (C=O) groups excluding carboxylic acids is 1. The highest BCUT2D eigenvalue weighted by Gasteiger charge is 2.21. The van der Waals surface area contributed by atoms with Crippen LogP contribution < -0.4 is 10.1 Å². The summed E-state index contributed by atoms with van der Waals surface area (Å²) in [7, 11) is 0. The van der Waals surface area contributed by atoms with E-state index in [2.05, 4.69) is 30.8 Å². The van der Waals surface area contributed by atoms with Gasteiger partial charge in [0.25, 0.3) is 5.91 Å². The summed E-state index contributed by atoms with van der Waals surface area (Å²) in [6.07, 6.45) is 8.65. The van der Waals surface area contributed by atoms with Gasteiger partial charge in [-0.15, -0.1) is 0 Å². The number of aromatic nitrogens is 3. The molecule has 0 radical (unpaired) electrons. The number of nitrogens with one attached hydrogen (secondary N) is 1. The molecule has 0 aliphatic carbocycles. The molecule has 1 amide bonds. The molecule has 0 bridgehead atoms. The van der Waals surface area contributed by atoms with Crippen LogP contribution >= 0.6 is 0 Å². The van der Waals surface area contributed by atoms with Crippen molar-refractivity contribution in [2.24, 2.45) is 0 Å². The normalized spacial score (nSPS) is 14.9. The number of imidazole rings is 1. The van der Waals surface area contributed by atoms with Gasteiger partial charge in [0.2, 0.25) is 0 Å². The molecule has 7 heteroatoms. The quantitative estimate of drug-likeness (QED) is 0.524. The molecule has 1 aliphatic rings. The first-order valence-electron chi connectivity index (χ1n) is 11.3. The number of benzene rings is 1. The van der Waals surface area contributed by atoms with Gasteiger partial charge in [0.15, 0.2) is 0 Å². The number of amides is 1. The standard InChI is InChI=1S/C25H31N5O2/c1-20-26-14-18-30(20)15-4-13-28-25(31)21-6-8-23(9-7-21)32-24-10-16-29(17-11-24)19-22-5-2-3-12-27-22/h2-3,5-9,12,14,18,24H,4,10-11,13,15-17,19H2,1H3,(H,28,31). The predicted octanol–water partition coefficient (Wildman–Crippen LogP) is 3.45. The maximum Gasteiger partial charge on any atom is 0.251 e. The fraction of sp³-hybridized carbons (Fsp3) is 0.400. The number of rotatable bonds is 9. The fourth-order valence-electron chi connectivity index (χ4n) is 3.98. The third-order valence-corrected chi connectivity index (χ3v) is 5.85. The lowest BCUT2D eigenvalue weighted by Gasteiger charge is -2.31. The molecule has 2 aromatic heterocycles. The number of piperidine rings is 1. The van der Waals surface area contributed by atoms with Crippen LogP contribution in [0.3, 0.4) is 0 Å². The number of hydrogen-bond acceptors (Lipinski definition) is 5. The zero-order valence-electron chi connectivity index (χ0n) is 18.6. The van der Waals surface area contributed by atoms with E-state index in [1.807, 2.05) is 55.7 Å². The zero-order chi connectivity index (χ0) is 22.2. The van der Waals surface area contributed by atoms with Crippen molar-refractivity contribution in [3.63, 3.8) is 0 Å². The second kappa shape index (κ2) is 10.9. The summed E-state index contributed by atoms with van der Waals surface area (Å²) >= 11 is 0. The number of aryl methyl sites for hydroxylation is 2. The van der Waals surface area contributed by atoms with Crippen LogP contribution in [0.4, 0.5) is 0 Å². The average molecular weight is 434 g/mol. The lowest BCUT2D eigenvalue weighted by atomic mass is 10.1. The SMILES string of the molecule is Cc1nccn1CCCNC(=O)c1ccc(OC2CCN(Cc3ccccn3)CC2)cc1. The Hall–Kier alpha value is -3.19. The first kappa shape index (κ1) is 22.0. The van der Waals surface area contributed by atoms with E-state index in [1.165, 1.54) is 0 Å². The van der Waals surface area contributed by atoms with Gasteiger partial charge in [-0.3, -0.25) is 14.7 Å². The summed E-state index contributed by atoms with van der Waals surface area (Å²) in [5, 5.41) is 2.98. The predicted molar refractivity (Wildman–Crippen MR) is 124 cm³/mol. The molecule has 1 fully saturated rings. The van der Waals surface area contributed by atoms with Crippen LogP contribution in [0, 0.1) is 6.92 Å². The summed E-state index contributed by atoms with van der Waals surface area (Å²) < 4.78 is 8.24. The summed E-state index contributed by atoms with van der Waals surface area (Å²) in [4.78, 5) is 23.4. The Morgan fingerprint density at radius 2 is 1.91 bits per heavy atom.